The minimum absolute atomic E-state index is 0.0968. The number of benzene rings is 1. The Morgan fingerprint density at radius 3 is 2.55 bits per heavy atom. The molecule has 0 bridgehead atoms. The molecule has 2 aromatic rings. The zero-order chi connectivity index (χ0) is 14.9. The van der Waals surface area contributed by atoms with Gasteiger partial charge in [0.1, 0.15) is 17.6 Å². The van der Waals surface area contributed by atoms with Crippen molar-refractivity contribution in [2.24, 2.45) is 0 Å². The maximum absolute atomic E-state index is 11.3. The maximum Gasteiger partial charge on any atom is 0.339 e. The summed E-state index contributed by atoms with van der Waals surface area (Å²) in [6.07, 6.45) is 2.68. The second-order valence-corrected chi connectivity index (χ2v) is 4.61. The molecule has 5 nitrogen and oxygen atoms in total. The summed E-state index contributed by atoms with van der Waals surface area (Å²) < 4.78 is 5.38. The van der Waals surface area contributed by atoms with Gasteiger partial charge in [-0.15, -0.1) is 0 Å². The lowest BCUT2D eigenvalue weighted by Gasteiger charge is -2.16. The molecule has 0 aliphatic carbocycles. The van der Waals surface area contributed by atoms with E-state index in [1.165, 1.54) is 12.5 Å². The molecular formula is C15H16N2O3. The number of aromatic carboxylic acids is 1. The van der Waals surface area contributed by atoms with E-state index in [0.717, 1.165) is 28.0 Å². The van der Waals surface area contributed by atoms with Crippen LogP contribution in [0.2, 0.25) is 0 Å². The van der Waals surface area contributed by atoms with Crippen molar-refractivity contribution in [1.82, 2.24) is 9.97 Å². The first kappa shape index (κ1) is 14.0. The Balaban J connectivity index is 2.75. The Morgan fingerprint density at radius 2 is 1.95 bits per heavy atom. The van der Waals surface area contributed by atoms with E-state index in [1.807, 2.05) is 26.8 Å². The summed E-state index contributed by atoms with van der Waals surface area (Å²) in [5.74, 6) is -0.219. The van der Waals surface area contributed by atoms with Crippen LogP contribution >= 0.6 is 0 Å². The van der Waals surface area contributed by atoms with Crippen molar-refractivity contribution in [3.05, 3.63) is 40.8 Å². The number of carboxylic acids is 1. The van der Waals surface area contributed by atoms with Crippen LogP contribution in [0, 0.1) is 20.8 Å². The normalized spacial score (nSPS) is 10.4. The first-order chi connectivity index (χ1) is 9.47. The number of aromatic nitrogens is 2. The second-order valence-electron chi connectivity index (χ2n) is 4.61. The molecular weight excluding hydrogens is 256 g/mol. The van der Waals surface area contributed by atoms with Crippen LogP contribution in [0.25, 0.3) is 11.3 Å². The Hall–Kier alpha value is -2.43. The number of aryl methyl sites for hydroxylation is 1. The predicted molar refractivity (Wildman–Crippen MR) is 75.2 cm³/mol. The Labute approximate surface area is 117 Å². The van der Waals surface area contributed by atoms with E-state index in [2.05, 4.69) is 9.97 Å². The third-order valence-corrected chi connectivity index (χ3v) is 3.43. The van der Waals surface area contributed by atoms with Crippen molar-refractivity contribution in [3.8, 4) is 17.0 Å². The lowest BCUT2D eigenvalue weighted by atomic mass is 9.94. The van der Waals surface area contributed by atoms with E-state index in [9.17, 15) is 9.90 Å². The number of nitrogens with zero attached hydrogens (tertiary/aromatic N) is 2. The van der Waals surface area contributed by atoms with Crippen LogP contribution in [0.3, 0.4) is 0 Å². The highest BCUT2D eigenvalue weighted by Gasteiger charge is 2.18. The van der Waals surface area contributed by atoms with E-state index in [-0.39, 0.29) is 5.56 Å². The van der Waals surface area contributed by atoms with Crippen molar-refractivity contribution < 1.29 is 14.6 Å². The Kier molecular flexibility index (Phi) is 3.70. The number of ether oxygens (including phenoxy) is 1. The van der Waals surface area contributed by atoms with Crippen molar-refractivity contribution in [3.63, 3.8) is 0 Å². The molecule has 20 heavy (non-hydrogen) atoms. The Bertz CT molecular complexity index is 681. The molecule has 0 spiro atoms. The number of methoxy groups -OCH3 is 1. The SMILES string of the molecule is COc1c(C)cc(-c2ncncc2C(=O)O)c(C)c1C. The van der Waals surface area contributed by atoms with Crippen LogP contribution in [0.5, 0.6) is 5.75 Å². The quantitative estimate of drug-likeness (QED) is 0.930. The van der Waals surface area contributed by atoms with Gasteiger partial charge in [-0.2, -0.15) is 0 Å². The highest BCUT2D eigenvalue weighted by Crippen LogP contribution is 2.34. The van der Waals surface area contributed by atoms with E-state index in [1.54, 1.807) is 7.11 Å². The van der Waals surface area contributed by atoms with Gasteiger partial charge in [0, 0.05) is 11.8 Å². The van der Waals surface area contributed by atoms with Crippen molar-refractivity contribution in [1.29, 1.82) is 0 Å². The molecule has 1 N–H and O–H groups in total. The molecule has 104 valence electrons. The molecule has 0 saturated carbocycles. The second kappa shape index (κ2) is 5.28. The molecule has 0 saturated heterocycles. The summed E-state index contributed by atoms with van der Waals surface area (Å²) in [5, 5.41) is 9.25. The highest BCUT2D eigenvalue weighted by atomic mass is 16.5. The third-order valence-electron chi connectivity index (χ3n) is 3.43. The summed E-state index contributed by atoms with van der Waals surface area (Å²) in [6.45, 7) is 5.81. The summed E-state index contributed by atoms with van der Waals surface area (Å²) in [4.78, 5) is 19.2. The molecule has 1 aromatic heterocycles. The van der Waals surface area contributed by atoms with Gasteiger partial charge in [0.05, 0.1) is 12.8 Å². The lowest BCUT2D eigenvalue weighted by molar-refractivity contribution is 0.0697. The molecule has 0 unspecified atom stereocenters. The van der Waals surface area contributed by atoms with Crippen LogP contribution in [0.15, 0.2) is 18.6 Å². The van der Waals surface area contributed by atoms with Crippen LogP contribution in [0.4, 0.5) is 0 Å². The molecule has 0 amide bonds. The fraction of sp³-hybridized carbons (Fsp3) is 0.267. The number of hydrogen-bond acceptors (Lipinski definition) is 4. The Morgan fingerprint density at radius 1 is 1.25 bits per heavy atom. The van der Waals surface area contributed by atoms with Crippen LogP contribution in [-0.4, -0.2) is 28.2 Å². The minimum Gasteiger partial charge on any atom is -0.496 e. The maximum atomic E-state index is 11.3. The molecule has 0 aliphatic heterocycles. The van der Waals surface area contributed by atoms with Gasteiger partial charge in [-0.3, -0.25) is 0 Å². The average molecular weight is 272 g/mol. The van der Waals surface area contributed by atoms with Crippen molar-refractivity contribution in [2.45, 2.75) is 20.8 Å². The smallest absolute Gasteiger partial charge is 0.339 e. The zero-order valence-corrected chi connectivity index (χ0v) is 11.9. The zero-order valence-electron chi connectivity index (χ0n) is 11.9. The number of carbonyl (C=O) groups is 1. The van der Waals surface area contributed by atoms with Gasteiger partial charge in [-0.05, 0) is 43.5 Å². The minimum atomic E-state index is -1.04. The fourth-order valence-corrected chi connectivity index (χ4v) is 2.32. The van der Waals surface area contributed by atoms with Gasteiger partial charge >= 0.3 is 5.97 Å². The van der Waals surface area contributed by atoms with E-state index < -0.39 is 5.97 Å². The van der Waals surface area contributed by atoms with Gasteiger partial charge in [-0.1, -0.05) is 0 Å². The first-order valence-electron chi connectivity index (χ1n) is 6.15. The summed E-state index contributed by atoms with van der Waals surface area (Å²) in [7, 11) is 1.63. The van der Waals surface area contributed by atoms with Crippen LogP contribution in [0.1, 0.15) is 27.0 Å². The molecule has 1 aromatic carbocycles. The first-order valence-corrected chi connectivity index (χ1v) is 6.15. The lowest BCUT2D eigenvalue weighted by Crippen LogP contribution is -2.05. The van der Waals surface area contributed by atoms with Gasteiger partial charge in [-0.25, -0.2) is 14.8 Å². The molecule has 1 heterocycles. The van der Waals surface area contributed by atoms with Crippen LogP contribution < -0.4 is 4.74 Å². The number of hydrogen-bond donors (Lipinski definition) is 1. The summed E-state index contributed by atoms with van der Waals surface area (Å²) in [6, 6.07) is 1.90. The molecule has 0 radical (unpaired) electrons. The molecule has 2 rings (SSSR count). The topological polar surface area (TPSA) is 72.3 Å². The third kappa shape index (κ3) is 2.22. The van der Waals surface area contributed by atoms with Crippen molar-refractivity contribution >= 4 is 5.97 Å². The number of carboxylic acid groups (broad SMARTS) is 1. The predicted octanol–water partition coefficient (Wildman–Crippen LogP) is 2.78. The summed E-state index contributed by atoms with van der Waals surface area (Å²) in [5.41, 5.74) is 4.20. The van der Waals surface area contributed by atoms with Gasteiger partial charge in [0.2, 0.25) is 0 Å². The highest BCUT2D eigenvalue weighted by molar-refractivity contribution is 5.95. The molecule has 5 heteroatoms. The van der Waals surface area contributed by atoms with Gasteiger partial charge in [0.25, 0.3) is 0 Å². The molecule has 0 fully saturated rings. The van der Waals surface area contributed by atoms with Crippen molar-refractivity contribution in [2.75, 3.05) is 7.11 Å². The molecule has 0 atom stereocenters. The van der Waals surface area contributed by atoms with Gasteiger partial charge in [0.15, 0.2) is 0 Å². The van der Waals surface area contributed by atoms with E-state index in [0.29, 0.717) is 5.69 Å². The fourth-order valence-electron chi connectivity index (χ4n) is 2.32. The summed E-state index contributed by atoms with van der Waals surface area (Å²) >= 11 is 0. The monoisotopic (exact) mass is 272 g/mol. The average Bonchev–Trinajstić information content (AvgIpc) is 2.43. The molecule has 0 aliphatic rings. The van der Waals surface area contributed by atoms with Gasteiger partial charge < -0.3 is 9.84 Å². The van der Waals surface area contributed by atoms with Crippen LogP contribution in [-0.2, 0) is 0 Å². The standard InChI is InChI=1S/C15H16N2O3/c1-8-5-11(9(2)10(3)14(8)20-4)13-12(15(18)19)6-16-7-17-13/h5-7H,1-4H3,(H,18,19). The number of rotatable bonds is 3. The largest absolute Gasteiger partial charge is 0.496 e. The van der Waals surface area contributed by atoms with E-state index >= 15 is 0 Å². The van der Waals surface area contributed by atoms with E-state index in [4.69, 9.17) is 4.74 Å².